The Morgan fingerprint density at radius 1 is 1.50 bits per heavy atom. The van der Waals surface area contributed by atoms with Gasteiger partial charge in [0.25, 0.3) is 0 Å². The Morgan fingerprint density at radius 3 is 3.08 bits per heavy atom. The molecule has 3 nitrogen and oxygen atoms in total. The molecule has 1 aromatic heterocycles. The fraction of sp³-hybridized carbons (Fsp3) is 0.625. The minimum atomic E-state index is 0. The lowest BCUT2D eigenvalue weighted by atomic mass is 10.2. The number of H-pyrrole nitrogens is 1. The molecule has 0 atom stereocenters. The quantitative estimate of drug-likeness (QED) is 0.727. The Morgan fingerprint density at radius 2 is 2.33 bits per heavy atom. The smallest absolute Gasteiger partial charge is 0.0794 e. The van der Waals surface area contributed by atoms with E-state index in [1.165, 1.54) is 36.2 Å². The molecule has 0 aromatic carbocycles. The van der Waals surface area contributed by atoms with Gasteiger partial charge in [-0.25, -0.2) is 0 Å². The molecule has 0 saturated heterocycles. The average Bonchev–Trinajstić information content (AvgIpc) is 2.53. The summed E-state index contributed by atoms with van der Waals surface area (Å²) in [7, 11) is 1.95. The van der Waals surface area contributed by atoms with Gasteiger partial charge >= 0.3 is 0 Å². The molecule has 1 heterocycles. The molecule has 68 valence electrons. The van der Waals surface area contributed by atoms with Crippen molar-refractivity contribution in [3.05, 3.63) is 17.0 Å². The summed E-state index contributed by atoms with van der Waals surface area (Å²) in [5.41, 5.74) is 4.02. The van der Waals surface area contributed by atoms with Crippen molar-refractivity contribution in [3.63, 3.8) is 0 Å². The van der Waals surface area contributed by atoms with E-state index in [0.717, 1.165) is 6.54 Å². The van der Waals surface area contributed by atoms with Gasteiger partial charge in [-0.2, -0.15) is 5.10 Å². The number of hydrogen-bond acceptors (Lipinski definition) is 2. The molecule has 4 heteroatoms. The predicted molar refractivity (Wildman–Crippen MR) is 50.6 cm³/mol. The molecule has 2 rings (SSSR count). The highest BCUT2D eigenvalue weighted by Gasteiger charge is 2.16. The summed E-state index contributed by atoms with van der Waals surface area (Å²) >= 11 is 0. The Labute approximate surface area is 78.4 Å². The highest BCUT2D eigenvalue weighted by atomic mass is 35.5. The first-order valence-electron chi connectivity index (χ1n) is 4.11. The minimum Gasteiger partial charge on any atom is -0.314 e. The number of aromatic amines is 1. The molecule has 0 bridgehead atoms. The zero-order valence-electron chi connectivity index (χ0n) is 7.18. The van der Waals surface area contributed by atoms with Crippen molar-refractivity contribution in [2.45, 2.75) is 25.8 Å². The van der Waals surface area contributed by atoms with Crippen molar-refractivity contribution in [2.24, 2.45) is 0 Å². The summed E-state index contributed by atoms with van der Waals surface area (Å²) in [5.74, 6) is 0. The van der Waals surface area contributed by atoms with Gasteiger partial charge in [0.2, 0.25) is 0 Å². The lowest BCUT2D eigenvalue weighted by Gasteiger charge is -1.95. The fourth-order valence-corrected chi connectivity index (χ4v) is 1.70. The highest BCUT2D eigenvalue weighted by molar-refractivity contribution is 5.85. The van der Waals surface area contributed by atoms with Crippen LogP contribution in [0.2, 0.25) is 0 Å². The second kappa shape index (κ2) is 3.92. The number of nitrogens with one attached hydrogen (secondary N) is 2. The third-order valence-electron chi connectivity index (χ3n) is 2.24. The van der Waals surface area contributed by atoms with E-state index >= 15 is 0 Å². The molecule has 0 radical (unpaired) electrons. The van der Waals surface area contributed by atoms with Crippen molar-refractivity contribution in [2.75, 3.05) is 7.05 Å². The molecule has 0 spiro atoms. The van der Waals surface area contributed by atoms with Crippen LogP contribution in [0.5, 0.6) is 0 Å². The van der Waals surface area contributed by atoms with E-state index in [1.54, 1.807) is 0 Å². The first kappa shape index (κ1) is 9.55. The lowest BCUT2D eigenvalue weighted by Crippen LogP contribution is -2.07. The van der Waals surface area contributed by atoms with Crippen LogP contribution in [0.3, 0.4) is 0 Å². The predicted octanol–water partition coefficient (Wildman–Crippen LogP) is 1.04. The molecule has 0 aliphatic heterocycles. The molecule has 0 amide bonds. The molecular weight excluding hydrogens is 174 g/mol. The standard InChI is InChI=1S/C8H13N3.ClH/c1-9-5-8-6-3-2-4-7(6)10-11-8;/h9H,2-5H2,1H3,(H,10,11);1H. The van der Waals surface area contributed by atoms with E-state index in [0.29, 0.717) is 0 Å². The van der Waals surface area contributed by atoms with Gasteiger partial charge in [-0.1, -0.05) is 0 Å². The van der Waals surface area contributed by atoms with Crippen LogP contribution < -0.4 is 5.32 Å². The lowest BCUT2D eigenvalue weighted by molar-refractivity contribution is 0.760. The zero-order chi connectivity index (χ0) is 7.68. The van der Waals surface area contributed by atoms with E-state index in [9.17, 15) is 0 Å². The van der Waals surface area contributed by atoms with Gasteiger partial charge in [-0.3, -0.25) is 5.10 Å². The van der Waals surface area contributed by atoms with Crippen molar-refractivity contribution in [1.29, 1.82) is 0 Å². The number of fused-ring (bicyclic) bond motifs is 1. The number of aromatic nitrogens is 2. The number of halogens is 1. The van der Waals surface area contributed by atoms with Crippen LogP contribution in [0.15, 0.2) is 0 Å². The van der Waals surface area contributed by atoms with Crippen LogP contribution in [0.1, 0.15) is 23.4 Å². The maximum atomic E-state index is 4.24. The Bertz CT molecular complexity index is 257. The Kier molecular flexibility index (Phi) is 3.12. The van der Waals surface area contributed by atoms with E-state index in [4.69, 9.17) is 0 Å². The first-order valence-corrected chi connectivity index (χ1v) is 4.11. The summed E-state index contributed by atoms with van der Waals surface area (Å²) < 4.78 is 0. The summed E-state index contributed by atoms with van der Waals surface area (Å²) in [5, 5.41) is 10.4. The number of nitrogens with zero attached hydrogens (tertiary/aromatic N) is 1. The van der Waals surface area contributed by atoms with Gasteiger partial charge in [-0.05, 0) is 31.9 Å². The Hall–Kier alpha value is -0.540. The van der Waals surface area contributed by atoms with Crippen molar-refractivity contribution >= 4 is 12.4 Å². The van der Waals surface area contributed by atoms with Crippen LogP contribution in [0, 0.1) is 0 Å². The molecule has 0 unspecified atom stereocenters. The van der Waals surface area contributed by atoms with Crippen molar-refractivity contribution < 1.29 is 0 Å². The van der Waals surface area contributed by atoms with Gasteiger partial charge in [0, 0.05) is 12.2 Å². The fourth-order valence-electron chi connectivity index (χ4n) is 1.70. The molecule has 1 aromatic rings. The highest BCUT2D eigenvalue weighted by Crippen LogP contribution is 2.22. The number of rotatable bonds is 2. The maximum Gasteiger partial charge on any atom is 0.0794 e. The topological polar surface area (TPSA) is 40.7 Å². The maximum absolute atomic E-state index is 4.24. The summed E-state index contributed by atoms with van der Waals surface area (Å²) in [6.07, 6.45) is 3.69. The van der Waals surface area contributed by atoms with Crippen molar-refractivity contribution in [3.8, 4) is 0 Å². The normalized spacial score (nSPS) is 14.1. The van der Waals surface area contributed by atoms with Crippen LogP contribution in [0.25, 0.3) is 0 Å². The van der Waals surface area contributed by atoms with Crippen LogP contribution in [-0.2, 0) is 19.4 Å². The molecule has 0 saturated carbocycles. The molecule has 1 aliphatic rings. The summed E-state index contributed by atoms with van der Waals surface area (Å²) in [4.78, 5) is 0. The van der Waals surface area contributed by atoms with Gasteiger partial charge < -0.3 is 5.32 Å². The molecule has 1 aliphatic carbocycles. The minimum absolute atomic E-state index is 0. The van der Waals surface area contributed by atoms with Gasteiger partial charge in [0.05, 0.1) is 5.69 Å². The van der Waals surface area contributed by atoms with Gasteiger partial charge in [0.1, 0.15) is 0 Å². The molecule has 0 fully saturated rings. The summed E-state index contributed by atoms with van der Waals surface area (Å²) in [6.45, 7) is 0.895. The molecule has 12 heavy (non-hydrogen) atoms. The second-order valence-electron chi connectivity index (χ2n) is 3.01. The third-order valence-corrected chi connectivity index (χ3v) is 2.24. The largest absolute Gasteiger partial charge is 0.314 e. The van der Waals surface area contributed by atoms with E-state index in [-0.39, 0.29) is 12.4 Å². The Balaban J connectivity index is 0.000000720. The second-order valence-corrected chi connectivity index (χ2v) is 3.01. The van der Waals surface area contributed by atoms with E-state index in [2.05, 4.69) is 15.5 Å². The zero-order valence-corrected chi connectivity index (χ0v) is 8.00. The SMILES string of the molecule is CNCc1n[nH]c2c1CCC2.Cl. The van der Waals surface area contributed by atoms with Crippen molar-refractivity contribution in [1.82, 2.24) is 15.5 Å². The molecule has 2 N–H and O–H groups in total. The average molecular weight is 188 g/mol. The van der Waals surface area contributed by atoms with Crippen LogP contribution >= 0.6 is 12.4 Å². The monoisotopic (exact) mass is 187 g/mol. The third kappa shape index (κ3) is 1.47. The van der Waals surface area contributed by atoms with Crippen LogP contribution in [-0.4, -0.2) is 17.2 Å². The number of aryl methyl sites for hydroxylation is 1. The van der Waals surface area contributed by atoms with Gasteiger partial charge in [-0.15, -0.1) is 12.4 Å². The first-order chi connectivity index (χ1) is 5.42. The number of hydrogen-bond donors (Lipinski definition) is 2. The van der Waals surface area contributed by atoms with Crippen LogP contribution in [0.4, 0.5) is 0 Å². The molecular formula is C8H14ClN3. The van der Waals surface area contributed by atoms with Gasteiger partial charge in [0.15, 0.2) is 0 Å². The van der Waals surface area contributed by atoms with E-state index < -0.39 is 0 Å². The summed E-state index contributed by atoms with van der Waals surface area (Å²) in [6, 6.07) is 0. The van der Waals surface area contributed by atoms with E-state index in [1.807, 2.05) is 7.05 Å².